The summed E-state index contributed by atoms with van der Waals surface area (Å²) in [4.78, 5) is 63.2. The first-order chi connectivity index (χ1) is 29.4. The maximum Gasteiger partial charge on any atom is 0.259 e. The summed E-state index contributed by atoms with van der Waals surface area (Å²) in [5.41, 5.74) is 2.09. The molecular weight excluding hydrogens is 802 g/mol. The lowest BCUT2D eigenvalue weighted by Gasteiger charge is -2.30. The van der Waals surface area contributed by atoms with Crippen molar-refractivity contribution < 1.29 is 41.1 Å². The first kappa shape index (κ1) is 41.1. The third kappa shape index (κ3) is 8.62. The highest BCUT2D eigenvalue weighted by atomic mass is 32.2. The monoisotopic (exact) mass is 853 g/mol. The van der Waals surface area contributed by atoms with Crippen LogP contribution in [0, 0.1) is 24.6 Å². The number of nitrogens with zero attached hydrogens (tertiary/aromatic N) is 2. The Morgan fingerprint density at radius 1 is 1.00 bits per heavy atom. The van der Waals surface area contributed by atoms with Crippen molar-refractivity contribution in [1.29, 1.82) is 0 Å². The van der Waals surface area contributed by atoms with Gasteiger partial charge in [0.15, 0.2) is 11.3 Å². The molecule has 15 heteroatoms. The molecule has 3 N–H and O–H groups in total. The molecule has 4 heterocycles. The normalized spacial score (nSPS) is 26.8. The highest BCUT2D eigenvalue weighted by Gasteiger charge is 2.62. The Hall–Kier alpha value is -5.31. The van der Waals surface area contributed by atoms with Gasteiger partial charge in [-0.3, -0.25) is 23.9 Å². The third-order valence-electron chi connectivity index (χ3n) is 13.1. The average Bonchev–Trinajstić information content (AvgIpc) is 4.05. The van der Waals surface area contributed by atoms with Crippen LogP contribution in [0.5, 0.6) is 5.75 Å². The first-order valence-electron chi connectivity index (χ1n) is 21.8. The number of sulfonamides is 1. The number of halogens is 1. The number of amides is 4. The van der Waals surface area contributed by atoms with E-state index in [-0.39, 0.29) is 31.2 Å². The van der Waals surface area contributed by atoms with E-state index in [9.17, 15) is 32.0 Å². The van der Waals surface area contributed by atoms with Gasteiger partial charge in [-0.2, -0.15) is 0 Å². The summed E-state index contributed by atoms with van der Waals surface area (Å²) in [6.07, 6.45) is 12.0. The molecule has 2 aliphatic heterocycles. The minimum Gasteiger partial charge on any atom is -0.484 e. The zero-order valence-corrected chi connectivity index (χ0v) is 35.1. The molecule has 3 saturated carbocycles. The Balaban J connectivity index is 1.06. The fourth-order valence-corrected chi connectivity index (χ4v) is 10.8. The summed E-state index contributed by atoms with van der Waals surface area (Å²) in [5, 5.41) is 6.08. The summed E-state index contributed by atoms with van der Waals surface area (Å²) in [7, 11) is -3.92. The van der Waals surface area contributed by atoms with Gasteiger partial charge in [0.05, 0.1) is 17.5 Å². The molecule has 5 aliphatic rings. The number of hydrogen-bond donors (Lipinski definition) is 3. The van der Waals surface area contributed by atoms with Crippen molar-refractivity contribution in [1.82, 2.24) is 25.2 Å². The largest absolute Gasteiger partial charge is 0.484 e. The first-order valence-corrected chi connectivity index (χ1v) is 23.3. The summed E-state index contributed by atoms with van der Waals surface area (Å²) in [6.45, 7) is 1.94. The second kappa shape index (κ2) is 16.5. The maximum absolute atomic E-state index is 14.8. The smallest absolute Gasteiger partial charge is 0.259 e. The minimum absolute atomic E-state index is 0.0218. The predicted molar refractivity (Wildman–Crippen MR) is 226 cm³/mol. The van der Waals surface area contributed by atoms with Gasteiger partial charge in [-0.05, 0) is 101 Å². The van der Waals surface area contributed by atoms with Crippen molar-refractivity contribution in [3.63, 3.8) is 0 Å². The van der Waals surface area contributed by atoms with E-state index < -0.39 is 68.5 Å². The molecule has 322 valence electrons. The van der Waals surface area contributed by atoms with E-state index in [0.29, 0.717) is 72.2 Å². The lowest BCUT2D eigenvalue weighted by molar-refractivity contribution is -0.142. The number of allylic oxidation sites excluding steroid dienone is 1. The fraction of sp³-hybridized carbons (Fsp3) is 0.500. The number of pyridine rings is 1. The zero-order chi connectivity index (χ0) is 42.5. The van der Waals surface area contributed by atoms with Gasteiger partial charge >= 0.3 is 0 Å². The van der Waals surface area contributed by atoms with E-state index in [1.54, 1.807) is 18.2 Å². The molecule has 2 aromatic heterocycles. The van der Waals surface area contributed by atoms with Crippen LogP contribution in [0.3, 0.4) is 0 Å². The van der Waals surface area contributed by atoms with Gasteiger partial charge < -0.3 is 24.7 Å². The van der Waals surface area contributed by atoms with Gasteiger partial charge in [0.25, 0.3) is 5.91 Å². The maximum atomic E-state index is 14.8. The number of fused-ring (bicyclic) bond motifs is 5. The number of carbonyl (C=O) groups excluding carboxylic acids is 4. The van der Waals surface area contributed by atoms with Crippen LogP contribution < -0.4 is 20.1 Å². The predicted octanol–water partition coefficient (Wildman–Crippen LogP) is 6.51. The molecule has 1 saturated heterocycles. The van der Waals surface area contributed by atoms with Crippen molar-refractivity contribution in [3.8, 4) is 17.0 Å². The molecule has 3 aliphatic carbocycles. The van der Waals surface area contributed by atoms with Crippen molar-refractivity contribution in [2.24, 2.45) is 11.8 Å². The number of aryl methyl sites for hydroxylation is 1. The number of carbonyl (C=O) groups is 4. The number of benzene rings is 2. The van der Waals surface area contributed by atoms with Crippen LogP contribution >= 0.6 is 0 Å². The minimum atomic E-state index is -3.92. The number of ether oxygens (including phenoxy) is 1. The van der Waals surface area contributed by atoms with E-state index in [4.69, 9.17) is 14.1 Å². The van der Waals surface area contributed by atoms with E-state index >= 15 is 0 Å². The highest BCUT2D eigenvalue weighted by molar-refractivity contribution is 7.91. The van der Waals surface area contributed by atoms with Crippen molar-refractivity contribution >= 4 is 55.7 Å². The van der Waals surface area contributed by atoms with E-state index in [2.05, 4.69) is 15.4 Å². The van der Waals surface area contributed by atoms with E-state index in [1.807, 2.05) is 37.3 Å². The van der Waals surface area contributed by atoms with Gasteiger partial charge in [0.1, 0.15) is 40.6 Å². The summed E-state index contributed by atoms with van der Waals surface area (Å²) in [5.74, 6) is -2.28. The van der Waals surface area contributed by atoms with Crippen molar-refractivity contribution in [2.45, 2.75) is 126 Å². The average molecular weight is 854 g/mol. The van der Waals surface area contributed by atoms with Gasteiger partial charge in [-0.1, -0.05) is 49.5 Å². The highest BCUT2D eigenvalue weighted by Crippen LogP contribution is 2.46. The third-order valence-corrected chi connectivity index (χ3v) is 14.9. The number of furan rings is 1. The topological polar surface area (TPSA) is 177 Å². The quantitative estimate of drug-likeness (QED) is 0.159. The lowest BCUT2D eigenvalue weighted by Crippen LogP contribution is -2.58. The molecule has 9 rings (SSSR count). The molecule has 4 amide bonds. The van der Waals surface area contributed by atoms with Crippen molar-refractivity contribution in [2.75, 3.05) is 6.54 Å². The molecule has 4 fully saturated rings. The Morgan fingerprint density at radius 2 is 1.77 bits per heavy atom. The molecule has 0 radical (unpaired) electrons. The molecule has 13 nitrogen and oxygen atoms in total. The molecule has 61 heavy (non-hydrogen) atoms. The molecule has 5 atom stereocenters. The van der Waals surface area contributed by atoms with Gasteiger partial charge in [0, 0.05) is 35.8 Å². The second-order valence-corrected chi connectivity index (χ2v) is 19.7. The molecular formula is C46H52FN5O8S. The zero-order valence-electron chi connectivity index (χ0n) is 34.3. The summed E-state index contributed by atoms with van der Waals surface area (Å²) in [6, 6.07) is 11.4. The van der Waals surface area contributed by atoms with Crippen molar-refractivity contribution in [3.05, 3.63) is 72.1 Å². The van der Waals surface area contributed by atoms with Gasteiger partial charge in [0.2, 0.25) is 27.7 Å². The van der Waals surface area contributed by atoms with Crippen LogP contribution in [-0.4, -0.2) is 77.5 Å². The van der Waals surface area contributed by atoms with Crippen LogP contribution in [0.1, 0.15) is 95.5 Å². The number of nitrogens with one attached hydrogen (secondary N) is 3. The van der Waals surface area contributed by atoms with Gasteiger partial charge in [-0.15, -0.1) is 0 Å². The SMILES string of the molecule is Cc1ccc2oc3c(O[C@@H]4C[C@H]5C(=O)N[C@]6(C(=O)NS(=O)(=O)C7CC7)C[C@@H]6/C=C\CCCCC[C@H](NC(=O)CC6CCCC6)C(=O)N5C4)cc(-c4ccc(F)cc4)nc3c2c1. The Morgan fingerprint density at radius 3 is 2.54 bits per heavy atom. The van der Waals surface area contributed by atoms with Gasteiger partial charge in [-0.25, -0.2) is 17.8 Å². The van der Waals surface area contributed by atoms with Crippen LogP contribution in [0.2, 0.25) is 0 Å². The summed E-state index contributed by atoms with van der Waals surface area (Å²) >= 11 is 0. The standard InChI is InChI=1S/C46H52FN5O8S/c1-27-13-20-38-34(21-27)41-42(60-38)39(24-36(49-41)29-14-16-31(47)17-15-29)59-32-23-37-43(54)50-46(45(56)51-61(57,58)33-18-19-33)25-30(46)11-5-3-2-4-6-12-35(44(55)52(37)26-32)48-40(53)22-28-9-7-8-10-28/h5,11,13-17,20-21,24,28,30,32-33,35,37H,2-4,6-10,12,18-19,22-23,25-26H2,1H3,(H,48,53)(H,50,54)(H,51,56)/b11-5-/t30-,32+,35-,37-,46+/m0/s1. The van der Waals surface area contributed by atoms with E-state index in [1.165, 1.54) is 17.0 Å². The van der Waals surface area contributed by atoms with Crippen LogP contribution in [0.25, 0.3) is 33.3 Å². The molecule has 0 bridgehead atoms. The number of rotatable bonds is 9. The summed E-state index contributed by atoms with van der Waals surface area (Å²) < 4.78 is 55.3. The van der Waals surface area contributed by atoms with E-state index in [0.717, 1.165) is 49.5 Å². The molecule has 2 aromatic carbocycles. The molecule has 0 spiro atoms. The lowest BCUT2D eigenvalue weighted by atomic mass is 10.0. The Kier molecular flexibility index (Phi) is 11.1. The number of aromatic nitrogens is 1. The Bertz CT molecular complexity index is 2510. The van der Waals surface area contributed by atoms with Crippen LogP contribution in [-0.2, 0) is 29.2 Å². The second-order valence-electron chi connectivity index (χ2n) is 17.8. The fourth-order valence-electron chi connectivity index (χ4n) is 9.43. The van der Waals surface area contributed by atoms with Crippen LogP contribution in [0.15, 0.2) is 65.1 Å². The molecule has 0 unspecified atom stereocenters. The Labute approximate surface area is 354 Å². The van der Waals surface area contributed by atoms with Crippen LogP contribution in [0.4, 0.5) is 4.39 Å². The number of hydrogen-bond acceptors (Lipinski definition) is 9. The molecule has 4 aromatic rings.